The van der Waals surface area contributed by atoms with Gasteiger partial charge in [0.25, 0.3) is 0 Å². The Kier molecular flexibility index (Phi) is 7.52. The molecule has 0 radical (unpaired) electrons. The van der Waals surface area contributed by atoms with Crippen LogP contribution in [0.3, 0.4) is 0 Å². The number of benzene rings is 2. The fourth-order valence-electron chi connectivity index (χ4n) is 4.83. The van der Waals surface area contributed by atoms with E-state index in [-0.39, 0.29) is 24.7 Å². The number of allylic oxidation sites excluding steroid dienone is 3. The minimum atomic E-state index is -0.992. The number of esters is 2. The molecule has 0 saturated carbocycles. The fourth-order valence-corrected chi connectivity index (χ4v) is 4.83. The molecule has 8 heteroatoms. The van der Waals surface area contributed by atoms with Gasteiger partial charge < -0.3 is 19.5 Å². The Balaban J connectivity index is 1.63. The van der Waals surface area contributed by atoms with Crippen LogP contribution in [0.2, 0.25) is 0 Å². The molecule has 1 aliphatic heterocycles. The highest BCUT2D eigenvalue weighted by Gasteiger charge is 2.47. The molecule has 2 aliphatic rings. The van der Waals surface area contributed by atoms with Gasteiger partial charge in [-0.05, 0) is 49.1 Å². The van der Waals surface area contributed by atoms with Gasteiger partial charge in [0.15, 0.2) is 5.78 Å². The average molecular weight is 494 g/mol. The van der Waals surface area contributed by atoms with E-state index in [1.165, 1.54) is 31.4 Å². The van der Waals surface area contributed by atoms with Crippen molar-refractivity contribution in [3.05, 3.63) is 88.5 Å². The van der Waals surface area contributed by atoms with Gasteiger partial charge in [0.1, 0.15) is 30.7 Å². The number of para-hydroxylation sites is 1. The molecule has 1 aliphatic carbocycles. The van der Waals surface area contributed by atoms with Crippen LogP contribution in [0.1, 0.15) is 31.7 Å². The van der Waals surface area contributed by atoms with E-state index in [1.807, 2.05) is 25.1 Å². The Morgan fingerprint density at radius 2 is 1.75 bits per heavy atom. The summed E-state index contributed by atoms with van der Waals surface area (Å²) in [6.07, 6.45) is 0.420. The average Bonchev–Trinajstić information content (AvgIpc) is 2.86. The third-order valence-corrected chi connectivity index (χ3v) is 6.49. The van der Waals surface area contributed by atoms with Crippen molar-refractivity contribution < 1.29 is 33.0 Å². The number of carbonyl (C=O) groups is 3. The summed E-state index contributed by atoms with van der Waals surface area (Å²) in [7, 11) is 1.24. The number of dihydropyridines is 1. The summed E-state index contributed by atoms with van der Waals surface area (Å²) in [5.74, 6) is -3.56. The lowest BCUT2D eigenvalue weighted by atomic mass is 9.69. The van der Waals surface area contributed by atoms with Gasteiger partial charge in [-0.3, -0.25) is 9.59 Å². The molecule has 188 valence electrons. The first-order valence-corrected chi connectivity index (χ1v) is 11.7. The molecule has 7 nitrogen and oxygen atoms in total. The number of halogens is 1. The van der Waals surface area contributed by atoms with Crippen LogP contribution in [-0.4, -0.2) is 38.0 Å². The molecule has 0 saturated heterocycles. The summed E-state index contributed by atoms with van der Waals surface area (Å²) in [6, 6.07) is 14.8. The number of ketones is 1. The van der Waals surface area contributed by atoms with Crippen molar-refractivity contribution in [2.45, 2.75) is 26.2 Å². The van der Waals surface area contributed by atoms with E-state index in [0.29, 0.717) is 34.7 Å². The highest BCUT2D eigenvalue weighted by molar-refractivity contribution is 6.12. The van der Waals surface area contributed by atoms with Gasteiger partial charge in [-0.15, -0.1) is 0 Å². The zero-order valence-electron chi connectivity index (χ0n) is 20.4. The van der Waals surface area contributed by atoms with Crippen molar-refractivity contribution in [3.63, 3.8) is 0 Å². The van der Waals surface area contributed by atoms with Crippen molar-refractivity contribution in [3.8, 4) is 5.75 Å². The molecule has 1 heterocycles. The minimum Gasteiger partial charge on any atom is -0.490 e. The molecule has 2 aromatic rings. The van der Waals surface area contributed by atoms with Crippen molar-refractivity contribution in [1.29, 1.82) is 0 Å². The third kappa shape index (κ3) is 5.03. The third-order valence-electron chi connectivity index (χ3n) is 6.49. The van der Waals surface area contributed by atoms with Crippen LogP contribution in [0.15, 0.2) is 77.1 Å². The molecular weight excluding hydrogens is 465 g/mol. The first-order chi connectivity index (χ1) is 17.3. The zero-order valence-corrected chi connectivity index (χ0v) is 20.4. The van der Waals surface area contributed by atoms with E-state index < -0.39 is 35.4 Å². The summed E-state index contributed by atoms with van der Waals surface area (Å²) in [5.41, 5.74) is 2.25. The van der Waals surface area contributed by atoms with Gasteiger partial charge in [0.05, 0.1) is 12.7 Å². The van der Waals surface area contributed by atoms with Crippen LogP contribution >= 0.6 is 0 Å². The SMILES string of the molecule is COC(=O)[C@H]1C(=O)C2=C(C[C@H]1C)NC(C)=C(C(=O)OCCOc1ccccc1)[C@@H]2c1ccc(F)cc1. The van der Waals surface area contributed by atoms with Crippen LogP contribution < -0.4 is 10.1 Å². The normalized spacial score (nSPS) is 21.4. The van der Waals surface area contributed by atoms with Crippen molar-refractivity contribution in [2.24, 2.45) is 11.8 Å². The van der Waals surface area contributed by atoms with Crippen molar-refractivity contribution >= 4 is 17.7 Å². The molecule has 0 unspecified atom stereocenters. The van der Waals surface area contributed by atoms with Crippen LogP contribution in [0.5, 0.6) is 5.75 Å². The van der Waals surface area contributed by atoms with Crippen LogP contribution in [0.4, 0.5) is 4.39 Å². The fraction of sp³-hybridized carbons (Fsp3) is 0.321. The van der Waals surface area contributed by atoms with E-state index in [1.54, 1.807) is 19.1 Å². The maximum atomic E-state index is 13.7. The Morgan fingerprint density at radius 1 is 1.06 bits per heavy atom. The van der Waals surface area contributed by atoms with E-state index >= 15 is 0 Å². The largest absolute Gasteiger partial charge is 0.490 e. The summed E-state index contributed by atoms with van der Waals surface area (Å²) < 4.78 is 29.7. The van der Waals surface area contributed by atoms with Crippen molar-refractivity contribution in [2.75, 3.05) is 20.3 Å². The second-order valence-corrected chi connectivity index (χ2v) is 8.88. The summed E-state index contributed by atoms with van der Waals surface area (Å²) >= 11 is 0. The topological polar surface area (TPSA) is 90.9 Å². The number of Topliss-reactive ketones (excluding diaryl/α,β-unsaturated/α-hetero) is 1. The summed E-state index contributed by atoms with van der Waals surface area (Å²) in [5, 5.41) is 3.20. The van der Waals surface area contributed by atoms with Gasteiger partial charge in [-0.1, -0.05) is 37.3 Å². The second-order valence-electron chi connectivity index (χ2n) is 8.88. The lowest BCUT2D eigenvalue weighted by molar-refractivity contribution is -0.151. The molecule has 4 rings (SSSR count). The Hall–Kier alpha value is -3.94. The maximum absolute atomic E-state index is 13.7. The molecule has 0 amide bonds. The first kappa shape index (κ1) is 25.2. The molecule has 1 N–H and O–H groups in total. The molecule has 0 aromatic heterocycles. The quantitative estimate of drug-likeness (QED) is 0.353. The Labute approximate surface area is 208 Å². The highest BCUT2D eigenvalue weighted by atomic mass is 19.1. The van der Waals surface area contributed by atoms with E-state index in [0.717, 1.165) is 0 Å². The van der Waals surface area contributed by atoms with Gasteiger partial charge in [-0.25, -0.2) is 9.18 Å². The van der Waals surface area contributed by atoms with Crippen LogP contribution in [0, 0.1) is 17.7 Å². The van der Waals surface area contributed by atoms with E-state index in [2.05, 4.69) is 5.32 Å². The van der Waals surface area contributed by atoms with Crippen LogP contribution in [0.25, 0.3) is 0 Å². The standard InChI is InChI=1S/C28H28FNO6/c1-16-15-21-25(26(31)22(16)27(32)34-3)24(18-9-11-19(29)12-10-18)23(17(2)30-21)28(33)36-14-13-35-20-7-5-4-6-8-20/h4-12,16,22,24,30H,13-15H2,1-3H3/t16-,22-,24+/m1/s1. The lowest BCUT2D eigenvalue weighted by Crippen LogP contribution is -2.43. The molecule has 0 spiro atoms. The number of rotatable bonds is 7. The number of ether oxygens (including phenoxy) is 3. The predicted molar refractivity (Wildman–Crippen MR) is 129 cm³/mol. The van der Waals surface area contributed by atoms with Crippen molar-refractivity contribution in [1.82, 2.24) is 5.32 Å². The van der Waals surface area contributed by atoms with E-state index in [9.17, 15) is 18.8 Å². The monoisotopic (exact) mass is 493 g/mol. The molecule has 3 atom stereocenters. The molecule has 2 aromatic carbocycles. The van der Waals surface area contributed by atoms with Gasteiger partial charge in [0, 0.05) is 22.9 Å². The van der Waals surface area contributed by atoms with Crippen LogP contribution in [-0.2, 0) is 23.9 Å². The molecule has 36 heavy (non-hydrogen) atoms. The number of hydrogen-bond acceptors (Lipinski definition) is 7. The molecular formula is C28H28FNO6. The summed E-state index contributed by atoms with van der Waals surface area (Å²) in [4.78, 5) is 39.4. The van der Waals surface area contributed by atoms with Gasteiger partial charge in [-0.2, -0.15) is 0 Å². The number of methoxy groups -OCH3 is 1. The maximum Gasteiger partial charge on any atom is 0.336 e. The smallest absolute Gasteiger partial charge is 0.336 e. The summed E-state index contributed by atoms with van der Waals surface area (Å²) in [6.45, 7) is 3.68. The highest BCUT2D eigenvalue weighted by Crippen LogP contribution is 2.45. The molecule has 0 fully saturated rings. The minimum absolute atomic E-state index is 0.0116. The van der Waals surface area contributed by atoms with E-state index in [4.69, 9.17) is 14.2 Å². The number of nitrogens with one attached hydrogen (secondary N) is 1. The Bertz CT molecular complexity index is 1220. The predicted octanol–water partition coefficient (Wildman–Crippen LogP) is 4.06. The number of hydrogen-bond donors (Lipinski definition) is 1. The first-order valence-electron chi connectivity index (χ1n) is 11.7. The zero-order chi connectivity index (χ0) is 25.8. The number of carbonyl (C=O) groups excluding carboxylic acids is 3. The van der Waals surface area contributed by atoms with Gasteiger partial charge >= 0.3 is 11.9 Å². The molecule has 0 bridgehead atoms. The lowest BCUT2D eigenvalue weighted by Gasteiger charge is -2.38. The van der Waals surface area contributed by atoms with Gasteiger partial charge in [0.2, 0.25) is 0 Å². The Morgan fingerprint density at radius 3 is 2.42 bits per heavy atom. The second kappa shape index (κ2) is 10.8.